The Kier molecular flexibility index (Phi) is 6.78. The zero-order valence-electron chi connectivity index (χ0n) is 18.4. The zero-order valence-corrected chi connectivity index (χ0v) is 19.2. The van der Waals surface area contributed by atoms with E-state index in [1.54, 1.807) is 0 Å². The van der Waals surface area contributed by atoms with E-state index in [4.69, 9.17) is 4.98 Å². The average molecular weight is 428 g/mol. The van der Waals surface area contributed by atoms with Gasteiger partial charge in [-0.2, -0.15) is 0 Å². The Morgan fingerprint density at radius 2 is 1.81 bits per heavy atom. The third-order valence-electron chi connectivity index (χ3n) is 5.39. The molecule has 158 valence electrons. The maximum absolute atomic E-state index is 5.05. The minimum atomic E-state index is 0.182. The highest BCUT2D eigenvalue weighted by Crippen LogP contribution is 2.38. The summed E-state index contributed by atoms with van der Waals surface area (Å²) in [5, 5.41) is 4.76. The molecule has 2 aromatic carbocycles. The molecule has 3 nitrogen and oxygen atoms in total. The highest BCUT2D eigenvalue weighted by molar-refractivity contribution is 7.15. The van der Waals surface area contributed by atoms with Crippen LogP contribution in [0.3, 0.4) is 0 Å². The van der Waals surface area contributed by atoms with E-state index in [0.717, 1.165) is 29.9 Å². The molecule has 0 fully saturated rings. The second-order valence-electron chi connectivity index (χ2n) is 7.96. The van der Waals surface area contributed by atoms with Crippen LogP contribution < -0.4 is 5.32 Å². The van der Waals surface area contributed by atoms with Crippen LogP contribution in [0.15, 0.2) is 72.9 Å². The first-order valence-corrected chi connectivity index (χ1v) is 11.8. The van der Waals surface area contributed by atoms with Crippen LogP contribution in [0.2, 0.25) is 0 Å². The fourth-order valence-corrected chi connectivity index (χ4v) is 4.80. The van der Waals surface area contributed by atoms with Crippen LogP contribution >= 0.6 is 11.3 Å². The predicted octanol–water partition coefficient (Wildman–Crippen LogP) is 7.70. The second kappa shape index (κ2) is 9.88. The third-order valence-corrected chi connectivity index (χ3v) is 6.56. The van der Waals surface area contributed by atoms with Gasteiger partial charge in [-0.25, -0.2) is 9.97 Å². The van der Waals surface area contributed by atoms with Gasteiger partial charge in [-0.15, -0.1) is 11.3 Å². The van der Waals surface area contributed by atoms with Crippen LogP contribution in [-0.4, -0.2) is 9.97 Å². The van der Waals surface area contributed by atoms with Crippen molar-refractivity contribution in [2.75, 3.05) is 5.32 Å². The lowest BCUT2D eigenvalue weighted by Crippen LogP contribution is -2.07. The first-order valence-electron chi connectivity index (χ1n) is 11.0. The first-order chi connectivity index (χ1) is 15.1. The van der Waals surface area contributed by atoms with E-state index in [2.05, 4.69) is 91.7 Å². The smallest absolute Gasteiger partial charge is 0.126 e. The number of rotatable bonds is 8. The molecule has 1 N–H and O–H groups in total. The van der Waals surface area contributed by atoms with Crippen LogP contribution in [0.25, 0.3) is 21.7 Å². The van der Waals surface area contributed by atoms with Crippen molar-refractivity contribution in [3.63, 3.8) is 0 Å². The molecule has 0 radical (unpaired) electrons. The van der Waals surface area contributed by atoms with E-state index in [1.165, 1.54) is 33.0 Å². The Bertz CT molecular complexity index is 1130. The summed E-state index contributed by atoms with van der Waals surface area (Å²) in [6.45, 7) is 6.52. The number of benzene rings is 2. The van der Waals surface area contributed by atoms with Gasteiger partial charge in [0.1, 0.15) is 5.82 Å². The molecule has 0 saturated heterocycles. The summed E-state index contributed by atoms with van der Waals surface area (Å²) in [7, 11) is 0. The van der Waals surface area contributed by atoms with E-state index in [0.29, 0.717) is 0 Å². The van der Waals surface area contributed by atoms with Crippen molar-refractivity contribution >= 4 is 17.2 Å². The number of aryl methyl sites for hydroxylation is 2. The Hall–Kier alpha value is -2.98. The van der Waals surface area contributed by atoms with Gasteiger partial charge in [0.25, 0.3) is 0 Å². The third kappa shape index (κ3) is 5.20. The van der Waals surface area contributed by atoms with Gasteiger partial charge in [0.05, 0.1) is 15.6 Å². The van der Waals surface area contributed by atoms with Crippen molar-refractivity contribution in [3.05, 3.63) is 89.1 Å². The molecule has 0 unspecified atom stereocenters. The SMILES string of the molecule is CCCCc1nc(-c2cccc(C)c2)c(-c2ccnc(N[C@H](C)c3ccccc3)c2)s1. The lowest BCUT2D eigenvalue weighted by Gasteiger charge is -2.15. The van der Waals surface area contributed by atoms with Gasteiger partial charge in [0, 0.05) is 17.8 Å². The maximum atomic E-state index is 5.05. The lowest BCUT2D eigenvalue weighted by atomic mass is 10.1. The molecule has 0 saturated carbocycles. The highest BCUT2D eigenvalue weighted by Gasteiger charge is 2.16. The van der Waals surface area contributed by atoms with Gasteiger partial charge in [0.15, 0.2) is 0 Å². The van der Waals surface area contributed by atoms with Crippen molar-refractivity contribution in [3.8, 4) is 21.7 Å². The number of hydrogen-bond acceptors (Lipinski definition) is 4. The predicted molar refractivity (Wildman–Crippen MR) is 133 cm³/mol. The van der Waals surface area contributed by atoms with Gasteiger partial charge in [0.2, 0.25) is 0 Å². The molecular formula is C27H29N3S. The van der Waals surface area contributed by atoms with Crippen molar-refractivity contribution in [2.45, 2.75) is 46.1 Å². The van der Waals surface area contributed by atoms with E-state index >= 15 is 0 Å². The molecule has 0 spiro atoms. The number of nitrogens with zero attached hydrogens (tertiary/aromatic N) is 2. The van der Waals surface area contributed by atoms with Crippen LogP contribution in [0.4, 0.5) is 5.82 Å². The summed E-state index contributed by atoms with van der Waals surface area (Å²) in [6, 6.07) is 23.5. The average Bonchev–Trinajstić information content (AvgIpc) is 3.23. The van der Waals surface area contributed by atoms with Crippen LogP contribution in [0.1, 0.15) is 48.9 Å². The van der Waals surface area contributed by atoms with E-state index in [9.17, 15) is 0 Å². The highest BCUT2D eigenvalue weighted by atomic mass is 32.1. The molecule has 31 heavy (non-hydrogen) atoms. The van der Waals surface area contributed by atoms with E-state index < -0.39 is 0 Å². The molecule has 0 aliphatic rings. The van der Waals surface area contributed by atoms with Gasteiger partial charge < -0.3 is 5.32 Å². The molecule has 0 aliphatic carbocycles. The van der Waals surface area contributed by atoms with Crippen molar-refractivity contribution < 1.29 is 0 Å². The van der Waals surface area contributed by atoms with Gasteiger partial charge >= 0.3 is 0 Å². The quantitative estimate of drug-likeness (QED) is 0.313. The number of nitrogens with one attached hydrogen (secondary N) is 1. The number of pyridine rings is 1. The van der Waals surface area contributed by atoms with Gasteiger partial charge in [-0.05, 0) is 56.0 Å². The summed E-state index contributed by atoms with van der Waals surface area (Å²) < 4.78 is 0. The Balaban J connectivity index is 1.68. The van der Waals surface area contributed by atoms with Gasteiger partial charge in [-0.1, -0.05) is 67.4 Å². The Morgan fingerprint density at radius 3 is 2.58 bits per heavy atom. The first kappa shape index (κ1) is 21.3. The van der Waals surface area contributed by atoms with Gasteiger partial charge in [-0.3, -0.25) is 0 Å². The number of unbranched alkanes of at least 4 members (excludes halogenated alkanes) is 1. The van der Waals surface area contributed by atoms with Crippen LogP contribution in [0, 0.1) is 6.92 Å². The summed E-state index contributed by atoms with van der Waals surface area (Å²) in [5.74, 6) is 0.882. The number of thiazole rings is 1. The fourth-order valence-electron chi connectivity index (χ4n) is 3.68. The lowest BCUT2D eigenvalue weighted by molar-refractivity contribution is 0.790. The second-order valence-corrected chi connectivity index (χ2v) is 9.05. The number of anilines is 1. The molecular weight excluding hydrogens is 398 g/mol. The van der Waals surface area contributed by atoms with Crippen LogP contribution in [-0.2, 0) is 6.42 Å². The minimum absolute atomic E-state index is 0.182. The minimum Gasteiger partial charge on any atom is -0.364 e. The number of hydrogen-bond donors (Lipinski definition) is 1. The molecule has 1 atom stereocenters. The molecule has 4 rings (SSSR count). The molecule has 2 heterocycles. The summed E-state index contributed by atoms with van der Waals surface area (Å²) >= 11 is 1.81. The van der Waals surface area contributed by atoms with Crippen molar-refractivity contribution in [1.82, 2.24) is 9.97 Å². The molecule has 4 aromatic rings. The van der Waals surface area contributed by atoms with Crippen LogP contribution in [0.5, 0.6) is 0 Å². The Morgan fingerprint density at radius 1 is 0.968 bits per heavy atom. The van der Waals surface area contributed by atoms with E-state index in [-0.39, 0.29) is 6.04 Å². The fraction of sp³-hybridized carbons (Fsp3) is 0.259. The molecule has 0 bridgehead atoms. The van der Waals surface area contributed by atoms with Crippen molar-refractivity contribution in [1.29, 1.82) is 0 Å². The standard InChI is InChI=1S/C27H29N3S/c1-4-5-14-25-30-26(22-13-9-10-19(2)17-22)27(31-25)23-15-16-28-24(18-23)29-20(3)21-11-7-6-8-12-21/h6-13,15-18,20H,4-5,14H2,1-3H3,(H,28,29)/t20-/m1/s1. The summed E-state index contributed by atoms with van der Waals surface area (Å²) in [4.78, 5) is 10.8. The monoisotopic (exact) mass is 427 g/mol. The summed E-state index contributed by atoms with van der Waals surface area (Å²) in [6.07, 6.45) is 5.26. The molecule has 0 amide bonds. The van der Waals surface area contributed by atoms with E-state index in [1.807, 2.05) is 23.6 Å². The normalized spacial score (nSPS) is 12.0. The molecule has 2 aromatic heterocycles. The summed E-state index contributed by atoms with van der Waals surface area (Å²) in [5.41, 5.74) is 5.91. The molecule has 4 heteroatoms. The topological polar surface area (TPSA) is 37.8 Å². The maximum Gasteiger partial charge on any atom is 0.126 e. The zero-order chi connectivity index (χ0) is 21.6. The largest absolute Gasteiger partial charge is 0.364 e. The number of aromatic nitrogens is 2. The van der Waals surface area contributed by atoms with Crippen molar-refractivity contribution in [2.24, 2.45) is 0 Å². The molecule has 0 aliphatic heterocycles. The Labute approximate surface area is 189 Å².